The molecule has 1 saturated carbocycles. The van der Waals surface area contributed by atoms with Crippen molar-refractivity contribution in [1.29, 1.82) is 0 Å². The van der Waals surface area contributed by atoms with Crippen LogP contribution in [-0.4, -0.2) is 66.9 Å². The van der Waals surface area contributed by atoms with Gasteiger partial charge in [0, 0.05) is 48.9 Å². The van der Waals surface area contributed by atoms with E-state index in [4.69, 9.17) is 0 Å². The van der Waals surface area contributed by atoms with Crippen LogP contribution in [0, 0.1) is 16.7 Å². The number of nitrogens with zero attached hydrogens (tertiary/aromatic N) is 3. The van der Waals surface area contributed by atoms with Crippen LogP contribution in [0.1, 0.15) is 24.1 Å². The molecule has 158 valence electrons. The second kappa shape index (κ2) is 5.86. The van der Waals surface area contributed by atoms with Crippen molar-refractivity contribution < 1.29 is 26.4 Å². The van der Waals surface area contributed by atoms with E-state index in [1.165, 1.54) is 6.20 Å². The predicted octanol–water partition coefficient (Wildman–Crippen LogP) is 2.21. The summed E-state index contributed by atoms with van der Waals surface area (Å²) in [5, 5.41) is 0. The topological polar surface area (TPSA) is 70.6 Å². The number of sulfone groups is 1. The quantitative estimate of drug-likeness (QED) is 0.723. The van der Waals surface area contributed by atoms with Gasteiger partial charge in [-0.2, -0.15) is 13.2 Å². The third-order valence-electron chi connectivity index (χ3n) is 6.78. The van der Waals surface area contributed by atoms with Crippen molar-refractivity contribution in [3.63, 3.8) is 0 Å². The Morgan fingerprint density at radius 1 is 1.10 bits per heavy atom. The standard InChI is InChI=1S/C19H22F3N3O3S/c20-19(21,22)14-1-2-23-15(4-14)3-13-5-17(6-13)7-24(8-17)16(26)25-9-18(10-25)11-29(27,28)12-18/h1-2,4,13H,3,5-12H2. The molecule has 5 rings (SSSR count). The number of amides is 2. The van der Waals surface area contributed by atoms with Crippen molar-refractivity contribution >= 4 is 15.9 Å². The van der Waals surface area contributed by atoms with Crippen molar-refractivity contribution in [3.8, 4) is 0 Å². The smallest absolute Gasteiger partial charge is 0.323 e. The maximum Gasteiger partial charge on any atom is 0.416 e. The van der Waals surface area contributed by atoms with Crippen LogP contribution in [0.25, 0.3) is 0 Å². The van der Waals surface area contributed by atoms with Gasteiger partial charge >= 0.3 is 12.2 Å². The van der Waals surface area contributed by atoms with Gasteiger partial charge < -0.3 is 9.80 Å². The van der Waals surface area contributed by atoms with Gasteiger partial charge in [-0.05, 0) is 37.3 Å². The second-order valence-corrected chi connectivity index (χ2v) is 11.6. The van der Waals surface area contributed by atoms with Gasteiger partial charge in [0.05, 0.1) is 17.1 Å². The normalized spacial score (nSPS) is 26.4. The lowest BCUT2D eigenvalue weighted by atomic mass is 9.57. The molecule has 0 aromatic carbocycles. The number of pyridine rings is 1. The molecule has 0 bridgehead atoms. The number of aromatic nitrogens is 1. The Labute approximate surface area is 167 Å². The monoisotopic (exact) mass is 429 g/mol. The third-order valence-corrected chi connectivity index (χ3v) is 8.89. The van der Waals surface area contributed by atoms with Crippen molar-refractivity contribution in [2.75, 3.05) is 37.7 Å². The first kappa shape index (κ1) is 19.1. The van der Waals surface area contributed by atoms with E-state index in [9.17, 15) is 26.4 Å². The zero-order chi connectivity index (χ0) is 20.7. The van der Waals surface area contributed by atoms with Gasteiger partial charge in [0.2, 0.25) is 0 Å². The minimum Gasteiger partial charge on any atom is -0.323 e. The van der Waals surface area contributed by atoms with E-state index in [1.54, 1.807) is 9.80 Å². The number of rotatable bonds is 2. The predicted molar refractivity (Wildman–Crippen MR) is 97.7 cm³/mol. The molecule has 3 saturated heterocycles. The lowest BCUT2D eigenvalue weighted by molar-refractivity contribution is -0.137. The van der Waals surface area contributed by atoms with Gasteiger partial charge in [-0.15, -0.1) is 0 Å². The number of alkyl halides is 3. The molecule has 4 aliphatic rings. The fourth-order valence-corrected chi connectivity index (χ4v) is 7.85. The van der Waals surface area contributed by atoms with Crippen LogP contribution in [-0.2, 0) is 22.4 Å². The second-order valence-electron chi connectivity index (χ2n) is 9.54. The minimum absolute atomic E-state index is 0.0199. The van der Waals surface area contributed by atoms with E-state index >= 15 is 0 Å². The van der Waals surface area contributed by atoms with E-state index in [-0.39, 0.29) is 28.4 Å². The zero-order valence-corrected chi connectivity index (χ0v) is 16.6. The van der Waals surface area contributed by atoms with E-state index in [1.807, 2.05) is 0 Å². The maximum atomic E-state index is 12.8. The first-order chi connectivity index (χ1) is 13.5. The Hall–Kier alpha value is -1.84. The molecule has 10 heteroatoms. The molecule has 4 fully saturated rings. The summed E-state index contributed by atoms with van der Waals surface area (Å²) in [6.45, 7) is 2.41. The van der Waals surface area contributed by atoms with Gasteiger partial charge in [-0.3, -0.25) is 4.98 Å². The molecule has 4 heterocycles. The van der Waals surface area contributed by atoms with Crippen LogP contribution in [0.15, 0.2) is 18.3 Å². The molecule has 2 amide bonds. The number of hydrogen-bond donors (Lipinski definition) is 0. The van der Waals surface area contributed by atoms with Crippen molar-refractivity contribution in [2.24, 2.45) is 16.7 Å². The molecule has 1 aromatic heterocycles. The van der Waals surface area contributed by atoms with Crippen molar-refractivity contribution in [3.05, 3.63) is 29.6 Å². The highest BCUT2D eigenvalue weighted by molar-refractivity contribution is 7.92. The van der Waals surface area contributed by atoms with Crippen molar-refractivity contribution in [2.45, 2.75) is 25.4 Å². The number of hydrogen-bond acceptors (Lipinski definition) is 4. The summed E-state index contributed by atoms with van der Waals surface area (Å²) in [5.74, 6) is 0.688. The summed E-state index contributed by atoms with van der Waals surface area (Å²) in [6, 6.07) is 2.09. The molecule has 3 aliphatic heterocycles. The minimum atomic E-state index is -4.35. The van der Waals surface area contributed by atoms with Crippen molar-refractivity contribution in [1.82, 2.24) is 14.8 Å². The molecular weight excluding hydrogens is 407 g/mol. The summed E-state index contributed by atoms with van der Waals surface area (Å²) in [5.41, 5.74) is -0.294. The highest BCUT2D eigenvalue weighted by Crippen LogP contribution is 2.53. The van der Waals surface area contributed by atoms with Crippen LogP contribution >= 0.6 is 0 Å². The maximum absolute atomic E-state index is 12.8. The first-order valence-corrected chi connectivity index (χ1v) is 11.6. The number of halogens is 3. The fraction of sp³-hybridized carbons (Fsp3) is 0.684. The molecule has 6 nitrogen and oxygen atoms in total. The van der Waals surface area contributed by atoms with E-state index < -0.39 is 21.6 Å². The van der Waals surface area contributed by atoms with Gasteiger partial charge in [0.15, 0.2) is 9.84 Å². The summed E-state index contributed by atoms with van der Waals surface area (Å²) in [7, 11) is -2.89. The molecule has 1 aromatic rings. The summed E-state index contributed by atoms with van der Waals surface area (Å²) >= 11 is 0. The molecule has 0 radical (unpaired) electrons. The van der Waals surface area contributed by atoms with E-state index in [2.05, 4.69) is 4.98 Å². The molecular formula is C19H22F3N3O3S. The number of likely N-dealkylation sites (tertiary alicyclic amines) is 2. The van der Waals surface area contributed by atoms with E-state index in [0.717, 1.165) is 25.0 Å². The molecule has 1 aliphatic carbocycles. The van der Waals surface area contributed by atoms with E-state index in [0.29, 0.717) is 44.2 Å². The third kappa shape index (κ3) is 3.29. The SMILES string of the molecule is O=C(N1CC2(CC(Cc3cc(C(F)(F)F)ccn3)C2)C1)N1CC2(C1)CS(=O)(=O)C2. The van der Waals surface area contributed by atoms with Gasteiger partial charge in [0.1, 0.15) is 0 Å². The Morgan fingerprint density at radius 3 is 2.24 bits per heavy atom. The Kier molecular flexibility index (Phi) is 3.87. The Bertz CT molecular complexity index is 944. The Morgan fingerprint density at radius 2 is 1.69 bits per heavy atom. The number of carbonyl (C=O) groups excluding carboxylic acids is 1. The van der Waals surface area contributed by atoms with Crippen LogP contribution in [0.2, 0.25) is 0 Å². The number of urea groups is 1. The van der Waals surface area contributed by atoms with Crippen LogP contribution < -0.4 is 0 Å². The highest BCUT2D eigenvalue weighted by Gasteiger charge is 2.60. The summed E-state index contributed by atoms with van der Waals surface area (Å²) in [6.07, 6.45) is -0.813. The highest BCUT2D eigenvalue weighted by atomic mass is 32.2. The molecule has 29 heavy (non-hydrogen) atoms. The fourth-order valence-electron chi connectivity index (χ4n) is 5.70. The number of carbonyl (C=O) groups is 1. The average Bonchev–Trinajstić information content (AvgIpc) is 2.49. The van der Waals surface area contributed by atoms with Gasteiger partial charge in [0.25, 0.3) is 0 Å². The first-order valence-electron chi connectivity index (χ1n) is 9.73. The van der Waals surface area contributed by atoms with Crippen LogP contribution in [0.3, 0.4) is 0 Å². The molecule has 0 unspecified atom stereocenters. The molecule has 2 spiro atoms. The summed E-state index contributed by atoms with van der Waals surface area (Å²) < 4.78 is 61.2. The van der Waals surface area contributed by atoms with Crippen LogP contribution in [0.4, 0.5) is 18.0 Å². The lowest BCUT2D eigenvalue weighted by Crippen LogP contribution is -2.73. The molecule has 0 N–H and O–H groups in total. The van der Waals surface area contributed by atoms with Gasteiger partial charge in [-0.25, -0.2) is 13.2 Å². The average molecular weight is 429 g/mol. The van der Waals surface area contributed by atoms with Crippen LogP contribution in [0.5, 0.6) is 0 Å². The zero-order valence-electron chi connectivity index (χ0n) is 15.8. The summed E-state index contributed by atoms with van der Waals surface area (Å²) in [4.78, 5) is 20.1. The largest absolute Gasteiger partial charge is 0.416 e. The Balaban J connectivity index is 1.08. The lowest BCUT2D eigenvalue weighted by Gasteiger charge is -2.62. The molecule has 0 atom stereocenters. The van der Waals surface area contributed by atoms with Gasteiger partial charge in [-0.1, -0.05) is 0 Å².